The molecule has 0 fully saturated rings. The van der Waals surface area contributed by atoms with Crippen LogP contribution in [0.1, 0.15) is 15.9 Å². The third-order valence-corrected chi connectivity index (χ3v) is 3.32. The predicted octanol–water partition coefficient (Wildman–Crippen LogP) is 2.71. The van der Waals surface area contributed by atoms with Crippen molar-refractivity contribution in [2.75, 3.05) is 18.2 Å². The second-order valence-electron chi connectivity index (χ2n) is 4.87. The molecular formula is C16H17ClN2O3. The van der Waals surface area contributed by atoms with Gasteiger partial charge in [-0.25, -0.2) is 10.9 Å². The van der Waals surface area contributed by atoms with Crippen LogP contribution in [0.2, 0.25) is 0 Å². The number of nitrogens with two attached hydrogens (primary N) is 1. The summed E-state index contributed by atoms with van der Waals surface area (Å²) in [6.07, 6.45) is 0. The maximum atomic E-state index is 12.4. The lowest BCUT2D eigenvalue weighted by Crippen LogP contribution is -2.37. The molecule has 1 aliphatic rings. The highest BCUT2D eigenvalue weighted by molar-refractivity contribution is 6.05. The van der Waals surface area contributed by atoms with Crippen LogP contribution in [0.25, 0.3) is 0 Å². The Bertz CT molecular complexity index is 674. The number of fused-ring (bicyclic) bond motifs is 1. The van der Waals surface area contributed by atoms with Crippen molar-refractivity contribution in [2.45, 2.75) is 6.92 Å². The highest BCUT2D eigenvalue weighted by atomic mass is 35.5. The number of hydrogen-bond acceptors (Lipinski definition) is 4. The predicted molar refractivity (Wildman–Crippen MR) is 86.9 cm³/mol. The maximum Gasteiger partial charge on any atom is 0.272 e. The Morgan fingerprint density at radius 1 is 1.05 bits per heavy atom. The molecule has 0 aromatic heterocycles. The minimum Gasteiger partial charge on any atom is -0.486 e. The Balaban J connectivity index is 0.00000176. The Kier molecular flexibility index (Phi) is 4.90. The summed E-state index contributed by atoms with van der Waals surface area (Å²) in [7, 11) is 0. The zero-order valence-corrected chi connectivity index (χ0v) is 12.9. The van der Waals surface area contributed by atoms with Crippen molar-refractivity contribution in [1.29, 1.82) is 0 Å². The SMILES string of the molecule is Cc1ccc(C(=O)N(N)c2ccc3c(c2)OCCO3)cc1.Cl. The van der Waals surface area contributed by atoms with Gasteiger partial charge in [0.1, 0.15) is 13.2 Å². The fourth-order valence-corrected chi connectivity index (χ4v) is 2.13. The number of carbonyl (C=O) groups is 1. The summed E-state index contributed by atoms with van der Waals surface area (Å²) in [5.74, 6) is 6.93. The molecule has 0 aliphatic carbocycles. The van der Waals surface area contributed by atoms with E-state index in [1.807, 2.05) is 19.1 Å². The number of aryl methyl sites for hydroxylation is 1. The van der Waals surface area contributed by atoms with Gasteiger partial charge in [-0.05, 0) is 31.2 Å². The third-order valence-electron chi connectivity index (χ3n) is 3.32. The number of rotatable bonds is 2. The van der Waals surface area contributed by atoms with E-state index in [-0.39, 0.29) is 18.3 Å². The lowest BCUT2D eigenvalue weighted by molar-refractivity contribution is 0.0986. The second kappa shape index (κ2) is 6.68. The van der Waals surface area contributed by atoms with Gasteiger partial charge in [0.15, 0.2) is 11.5 Å². The summed E-state index contributed by atoms with van der Waals surface area (Å²) in [6.45, 7) is 2.99. The first-order valence-electron chi connectivity index (χ1n) is 6.70. The molecule has 2 aromatic rings. The van der Waals surface area contributed by atoms with Crippen LogP contribution in [0.15, 0.2) is 42.5 Å². The van der Waals surface area contributed by atoms with Crippen molar-refractivity contribution in [3.63, 3.8) is 0 Å². The van der Waals surface area contributed by atoms with Gasteiger partial charge in [-0.15, -0.1) is 12.4 Å². The van der Waals surface area contributed by atoms with Crippen LogP contribution in [0, 0.1) is 6.92 Å². The molecule has 1 aliphatic heterocycles. The summed E-state index contributed by atoms with van der Waals surface area (Å²) in [5.41, 5.74) is 2.19. The summed E-state index contributed by atoms with van der Waals surface area (Å²) in [4.78, 5) is 12.4. The number of nitrogens with zero attached hydrogens (tertiary/aromatic N) is 1. The van der Waals surface area contributed by atoms with E-state index in [2.05, 4.69) is 0 Å². The van der Waals surface area contributed by atoms with Crippen molar-refractivity contribution in [3.05, 3.63) is 53.6 Å². The smallest absolute Gasteiger partial charge is 0.272 e. The normalized spacial score (nSPS) is 12.3. The Morgan fingerprint density at radius 2 is 1.68 bits per heavy atom. The van der Waals surface area contributed by atoms with Gasteiger partial charge in [0.25, 0.3) is 5.91 Å². The molecule has 6 heteroatoms. The van der Waals surface area contributed by atoms with Crippen LogP contribution in [0.3, 0.4) is 0 Å². The molecule has 116 valence electrons. The third kappa shape index (κ3) is 3.16. The molecular weight excluding hydrogens is 304 g/mol. The number of amides is 1. The molecule has 0 radical (unpaired) electrons. The van der Waals surface area contributed by atoms with Crippen molar-refractivity contribution in [3.8, 4) is 11.5 Å². The summed E-state index contributed by atoms with van der Waals surface area (Å²) >= 11 is 0. The van der Waals surface area contributed by atoms with Gasteiger partial charge in [0.05, 0.1) is 5.69 Å². The Labute approximate surface area is 135 Å². The van der Waals surface area contributed by atoms with Crippen LogP contribution in [-0.2, 0) is 0 Å². The van der Waals surface area contributed by atoms with E-state index in [1.54, 1.807) is 30.3 Å². The van der Waals surface area contributed by atoms with Gasteiger partial charge in [-0.1, -0.05) is 17.7 Å². The fraction of sp³-hybridized carbons (Fsp3) is 0.188. The Hall–Kier alpha value is -2.24. The average Bonchev–Trinajstić information content (AvgIpc) is 2.54. The summed E-state index contributed by atoms with van der Waals surface area (Å²) < 4.78 is 10.9. The van der Waals surface area contributed by atoms with Crippen LogP contribution in [0.4, 0.5) is 5.69 Å². The fourth-order valence-electron chi connectivity index (χ4n) is 2.13. The monoisotopic (exact) mass is 320 g/mol. The van der Waals surface area contributed by atoms with E-state index >= 15 is 0 Å². The van der Waals surface area contributed by atoms with Gasteiger partial charge >= 0.3 is 0 Å². The summed E-state index contributed by atoms with van der Waals surface area (Å²) in [5, 5.41) is 1.11. The van der Waals surface area contributed by atoms with Crippen LogP contribution >= 0.6 is 12.4 Å². The van der Waals surface area contributed by atoms with Crippen LogP contribution in [-0.4, -0.2) is 19.1 Å². The zero-order chi connectivity index (χ0) is 14.8. The number of halogens is 1. The molecule has 2 N–H and O–H groups in total. The standard InChI is InChI=1S/C16H16N2O3.ClH/c1-11-2-4-12(5-3-11)16(19)18(17)13-6-7-14-15(10-13)21-9-8-20-14;/h2-7,10H,8-9,17H2,1H3;1H. The lowest BCUT2D eigenvalue weighted by Gasteiger charge is -2.22. The van der Waals surface area contributed by atoms with E-state index < -0.39 is 0 Å². The molecule has 0 unspecified atom stereocenters. The number of hydrogen-bond donors (Lipinski definition) is 1. The molecule has 2 aromatic carbocycles. The number of carbonyl (C=O) groups excluding carboxylic acids is 1. The van der Waals surface area contributed by atoms with Crippen molar-refractivity contribution in [2.24, 2.45) is 5.84 Å². The first-order valence-corrected chi connectivity index (χ1v) is 6.70. The number of hydrazine groups is 1. The molecule has 0 spiro atoms. The quantitative estimate of drug-likeness (QED) is 0.525. The minimum absolute atomic E-state index is 0. The first-order chi connectivity index (χ1) is 10.1. The van der Waals surface area contributed by atoms with Crippen LogP contribution in [0.5, 0.6) is 11.5 Å². The molecule has 1 heterocycles. The van der Waals surface area contributed by atoms with Gasteiger partial charge in [-0.2, -0.15) is 0 Å². The topological polar surface area (TPSA) is 64.8 Å². The average molecular weight is 321 g/mol. The highest BCUT2D eigenvalue weighted by Crippen LogP contribution is 2.33. The van der Waals surface area contributed by atoms with Crippen LogP contribution < -0.4 is 20.3 Å². The first kappa shape index (κ1) is 16.1. The number of benzene rings is 2. The molecule has 22 heavy (non-hydrogen) atoms. The van der Waals surface area contributed by atoms with E-state index in [0.29, 0.717) is 36.0 Å². The number of anilines is 1. The zero-order valence-electron chi connectivity index (χ0n) is 12.1. The largest absolute Gasteiger partial charge is 0.486 e. The molecule has 5 nitrogen and oxygen atoms in total. The van der Waals surface area contributed by atoms with Gasteiger partial charge in [0.2, 0.25) is 0 Å². The highest BCUT2D eigenvalue weighted by Gasteiger charge is 2.18. The second-order valence-corrected chi connectivity index (χ2v) is 4.87. The van der Waals surface area contributed by atoms with Crippen molar-refractivity contribution in [1.82, 2.24) is 0 Å². The van der Waals surface area contributed by atoms with E-state index in [9.17, 15) is 4.79 Å². The minimum atomic E-state index is -0.272. The number of ether oxygens (including phenoxy) is 2. The van der Waals surface area contributed by atoms with Crippen molar-refractivity contribution < 1.29 is 14.3 Å². The van der Waals surface area contributed by atoms with Crippen molar-refractivity contribution >= 4 is 24.0 Å². The van der Waals surface area contributed by atoms with Gasteiger partial charge in [0, 0.05) is 11.6 Å². The Morgan fingerprint density at radius 3 is 2.36 bits per heavy atom. The van der Waals surface area contributed by atoms with E-state index in [4.69, 9.17) is 15.3 Å². The molecule has 0 atom stereocenters. The molecule has 1 amide bonds. The molecule has 0 saturated carbocycles. The molecule has 0 saturated heterocycles. The van der Waals surface area contributed by atoms with E-state index in [1.165, 1.54) is 0 Å². The molecule has 0 bridgehead atoms. The lowest BCUT2D eigenvalue weighted by atomic mass is 10.1. The maximum absolute atomic E-state index is 12.4. The van der Waals surface area contributed by atoms with Gasteiger partial charge in [-0.3, -0.25) is 4.79 Å². The summed E-state index contributed by atoms with van der Waals surface area (Å²) in [6, 6.07) is 12.5. The van der Waals surface area contributed by atoms with E-state index in [0.717, 1.165) is 10.6 Å². The van der Waals surface area contributed by atoms with Gasteiger partial charge < -0.3 is 9.47 Å². The molecule has 3 rings (SSSR count).